The van der Waals surface area contributed by atoms with E-state index in [9.17, 15) is 18.3 Å². The molecular formula is C16H12ClF3O. The van der Waals surface area contributed by atoms with Gasteiger partial charge in [0, 0.05) is 10.6 Å². The second-order valence-corrected chi connectivity index (χ2v) is 4.90. The monoisotopic (exact) mass is 312 g/mol. The lowest BCUT2D eigenvalue weighted by atomic mass is 9.92. The number of halogens is 4. The number of rotatable bonds is 3. The van der Waals surface area contributed by atoms with Crippen molar-refractivity contribution in [3.63, 3.8) is 0 Å². The average Bonchev–Trinajstić information content (AvgIpc) is 2.45. The first-order valence-corrected chi connectivity index (χ1v) is 6.51. The Hall–Kier alpha value is -1.78. The molecule has 1 atom stereocenters. The van der Waals surface area contributed by atoms with Crippen LogP contribution in [0.25, 0.3) is 6.08 Å². The largest absolute Gasteiger partial charge is 0.425 e. The molecule has 0 saturated carbocycles. The van der Waals surface area contributed by atoms with Gasteiger partial charge in [-0.3, -0.25) is 0 Å². The van der Waals surface area contributed by atoms with Gasteiger partial charge in [0.05, 0.1) is 0 Å². The van der Waals surface area contributed by atoms with Gasteiger partial charge in [0.2, 0.25) is 5.60 Å². The summed E-state index contributed by atoms with van der Waals surface area (Å²) in [7, 11) is 0. The Morgan fingerprint density at radius 2 is 1.48 bits per heavy atom. The molecule has 0 aromatic heterocycles. The molecule has 0 fully saturated rings. The number of hydrogen-bond acceptors (Lipinski definition) is 1. The minimum Gasteiger partial charge on any atom is -0.373 e. The summed E-state index contributed by atoms with van der Waals surface area (Å²) in [5.74, 6) is 0. The molecule has 2 rings (SSSR count). The molecule has 0 aliphatic carbocycles. The van der Waals surface area contributed by atoms with Crippen LogP contribution in [0.1, 0.15) is 11.1 Å². The Kier molecular flexibility index (Phi) is 4.40. The van der Waals surface area contributed by atoms with Crippen LogP contribution >= 0.6 is 11.6 Å². The standard InChI is InChI=1S/C16H12ClF3O/c17-14-9-5-4-8-13(14)15(21,16(18,19)20)11-10-12-6-2-1-3-7-12/h1-11,21H. The molecule has 0 amide bonds. The van der Waals surface area contributed by atoms with Crippen LogP contribution in [0.3, 0.4) is 0 Å². The van der Waals surface area contributed by atoms with Crippen molar-refractivity contribution >= 4 is 17.7 Å². The molecule has 2 aromatic carbocycles. The van der Waals surface area contributed by atoms with Crippen LogP contribution in [0.5, 0.6) is 0 Å². The maximum Gasteiger partial charge on any atom is 0.425 e. The summed E-state index contributed by atoms with van der Waals surface area (Å²) in [6.07, 6.45) is -2.95. The molecule has 0 aliphatic rings. The zero-order valence-electron chi connectivity index (χ0n) is 10.8. The van der Waals surface area contributed by atoms with Gasteiger partial charge in [-0.2, -0.15) is 13.2 Å². The highest BCUT2D eigenvalue weighted by molar-refractivity contribution is 6.31. The quantitative estimate of drug-likeness (QED) is 0.863. The molecule has 0 bridgehead atoms. The minimum atomic E-state index is -4.89. The van der Waals surface area contributed by atoms with Crippen LogP contribution in [-0.2, 0) is 5.60 Å². The lowest BCUT2D eigenvalue weighted by molar-refractivity contribution is -0.244. The van der Waals surface area contributed by atoms with E-state index in [1.165, 1.54) is 24.3 Å². The van der Waals surface area contributed by atoms with Gasteiger partial charge in [-0.1, -0.05) is 66.2 Å². The molecule has 0 spiro atoms. The van der Waals surface area contributed by atoms with E-state index >= 15 is 0 Å². The zero-order valence-corrected chi connectivity index (χ0v) is 11.6. The van der Waals surface area contributed by atoms with E-state index in [2.05, 4.69) is 0 Å². The van der Waals surface area contributed by atoms with Crippen molar-refractivity contribution in [3.05, 3.63) is 76.8 Å². The molecule has 0 saturated heterocycles. The molecule has 0 radical (unpaired) electrons. The normalized spacial score (nSPS) is 15.1. The molecule has 0 heterocycles. The fourth-order valence-corrected chi connectivity index (χ4v) is 2.17. The van der Waals surface area contributed by atoms with Crippen molar-refractivity contribution in [1.29, 1.82) is 0 Å². The Bertz CT molecular complexity index is 637. The first kappa shape index (κ1) is 15.6. The van der Waals surface area contributed by atoms with Crippen LogP contribution in [0.2, 0.25) is 5.02 Å². The smallest absolute Gasteiger partial charge is 0.373 e. The molecule has 2 aromatic rings. The van der Waals surface area contributed by atoms with Crippen molar-refractivity contribution in [2.24, 2.45) is 0 Å². The van der Waals surface area contributed by atoms with Crippen LogP contribution in [-0.4, -0.2) is 11.3 Å². The van der Waals surface area contributed by atoms with Gasteiger partial charge in [0.25, 0.3) is 0 Å². The second-order valence-electron chi connectivity index (χ2n) is 4.49. The van der Waals surface area contributed by atoms with Gasteiger partial charge in [-0.05, 0) is 17.7 Å². The van der Waals surface area contributed by atoms with Crippen molar-refractivity contribution in [2.45, 2.75) is 11.8 Å². The van der Waals surface area contributed by atoms with Crippen molar-refractivity contribution in [3.8, 4) is 0 Å². The van der Waals surface area contributed by atoms with E-state index in [0.29, 0.717) is 11.6 Å². The maximum atomic E-state index is 13.3. The van der Waals surface area contributed by atoms with Crippen molar-refractivity contribution in [2.75, 3.05) is 0 Å². The number of alkyl halides is 3. The van der Waals surface area contributed by atoms with E-state index in [4.69, 9.17) is 11.6 Å². The fraction of sp³-hybridized carbons (Fsp3) is 0.125. The van der Waals surface area contributed by atoms with Crippen molar-refractivity contribution < 1.29 is 18.3 Å². The predicted octanol–water partition coefficient (Wildman–Crippen LogP) is 4.80. The third-order valence-electron chi connectivity index (χ3n) is 3.03. The molecule has 0 aliphatic heterocycles. The minimum absolute atomic E-state index is 0.143. The Morgan fingerprint density at radius 1 is 0.905 bits per heavy atom. The van der Waals surface area contributed by atoms with Gasteiger partial charge in [0.15, 0.2) is 0 Å². The number of hydrogen-bond donors (Lipinski definition) is 1. The van der Waals surface area contributed by atoms with Gasteiger partial charge in [-0.15, -0.1) is 0 Å². The molecular weight excluding hydrogens is 301 g/mol. The first-order chi connectivity index (χ1) is 9.84. The SMILES string of the molecule is OC(C=Cc1ccccc1)(c1ccccc1Cl)C(F)(F)F. The summed E-state index contributed by atoms with van der Waals surface area (Å²) in [4.78, 5) is 0. The van der Waals surface area contributed by atoms with Crippen molar-refractivity contribution in [1.82, 2.24) is 0 Å². The average molecular weight is 313 g/mol. The van der Waals surface area contributed by atoms with Gasteiger partial charge in [0.1, 0.15) is 0 Å². The van der Waals surface area contributed by atoms with Crippen LogP contribution in [0.15, 0.2) is 60.7 Å². The van der Waals surface area contributed by atoms with E-state index in [1.54, 1.807) is 30.3 Å². The fourth-order valence-electron chi connectivity index (χ4n) is 1.89. The Labute approximate surface area is 125 Å². The van der Waals surface area contributed by atoms with E-state index in [0.717, 1.165) is 6.07 Å². The van der Waals surface area contributed by atoms with Crippen LogP contribution in [0, 0.1) is 0 Å². The maximum absolute atomic E-state index is 13.3. The molecule has 5 heteroatoms. The Morgan fingerprint density at radius 3 is 2.05 bits per heavy atom. The van der Waals surface area contributed by atoms with Gasteiger partial charge < -0.3 is 5.11 Å². The lowest BCUT2D eigenvalue weighted by Crippen LogP contribution is -2.40. The third kappa shape index (κ3) is 3.28. The molecule has 21 heavy (non-hydrogen) atoms. The van der Waals surface area contributed by atoms with E-state index in [-0.39, 0.29) is 5.02 Å². The molecule has 1 nitrogen and oxygen atoms in total. The van der Waals surface area contributed by atoms with Gasteiger partial charge in [-0.25, -0.2) is 0 Å². The highest BCUT2D eigenvalue weighted by Crippen LogP contribution is 2.43. The highest BCUT2D eigenvalue weighted by Gasteiger charge is 2.54. The summed E-state index contributed by atoms with van der Waals surface area (Å²) < 4.78 is 39.9. The zero-order chi connectivity index (χ0) is 15.5. The molecule has 1 unspecified atom stereocenters. The summed E-state index contributed by atoms with van der Waals surface area (Å²) in [5, 5.41) is 10.0. The van der Waals surface area contributed by atoms with Crippen LogP contribution < -0.4 is 0 Å². The number of benzene rings is 2. The summed E-state index contributed by atoms with van der Waals surface area (Å²) in [5.41, 5.74) is -2.99. The van der Waals surface area contributed by atoms with Crippen LogP contribution in [0.4, 0.5) is 13.2 Å². The highest BCUT2D eigenvalue weighted by atomic mass is 35.5. The molecule has 110 valence electrons. The lowest BCUT2D eigenvalue weighted by Gasteiger charge is -2.28. The topological polar surface area (TPSA) is 20.2 Å². The van der Waals surface area contributed by atoms with E-state index < -0.39 is 17.3 Å². The first-order valence-electron chi connectivity index (χ1n) is 6.13. The molecule has 1 N–H and O–H groups in total. The second kappa shape index (κ2) is 5.92. The predicted molar refractivity (Wildman–Crippen MR) is 76.9 cm³/mol. The Balaban J connectivity index is 2.49. The summed E-state index contributed by atoms with van der Waals surface area (Å²) in [6, 6.07) is 13.8. The summed E-state index contributed by atoms with van der Waals surface area (Å²) >= 11 is 5.80. The van der Waals surface area contributed by atoms with Gasteiger partial charge >= 0.3 is 6.18 Å². The van der Waals surface area contributed by atoms with E-state index in [1.807, 2.05) is 0 Å². The number of aliphatic hydroxyl groups is 1. The summed E-state index contributed by atoms with van der Waals surface area (Å²) in [6.45, 7) is 0. The third-order valence-corrected chi connectivity index (χ3v) is 3.36.